The Hall–Kier alpha value is -7.28. The molecule has 1 saturated heterocycles. The average Bonchev–Trinajstić information content (AvgIpc) is 3.74. The maximum absolute atomic E-state index is 14.5. The molecule has 0 bridgehead atoms. The summed E-state index contributed by atoms with van der Waals surface area (Å²) in [5.74, 6) is -2.84. The number of nitrogens with one attached hydrogen (secondary N) is 6. The number of nitrogens with two attached hydrogens (primary N) is 3. The van der Waals surface area contributed by atoms with Crippen LogP contribution >= 0.6 is 0 Å². The highest BCUT2D eigenvalue weighted by atomic mass is 16.5. The Morgan fingerprint density at radius 1 is 0.735 bits per heavy atom. The van der Waals surface area contributed by atoms with Gasteiger partial charge in [0.15, 0.2) is 5.96 Å². The number of carbonyl (C=O) groups excluding carboxylic acids is 5. The molecule has 68 heavy (non-hydrogen) atoms. The number of nitrogens with zero attached hydrogens (tertiary/aromatic N) is 2. The minimum absolute atomic E-state index is 0.0191. The predicted molar refractivity (Wildman–Crippen MR) is 262 cm³/mol. The van der Waals surface area contributed by atoms with Crippen LogP contribution < -0.4 is 43.8 Å². The molecule has 360 valence electrons. The number of hydrogen-bond donors (Lipinski definition) is 10. The molecule has 3 atom stereocenters. The molecule has 0 spiro atoms. The second kappa shape index (κ2) is 25.6. The molecule has 18 heteroatoms. The van der Waals surface area contributed by atoms with Crippen LogP contribution in [0.1, 0.15) is 48.8 Å². The lowest BCUT2D eigenvalue weighted by atomic mass is 9.99. The molecule has 13 N–H and O–H groups in total. The Morgan fingerprint density at radius 3 is 2.12 bits per heavy atom. The van der Waals surface area contributed by atoms with Crippen LogP contribution in [-0.2, 0) is 48.1 Å². The molecule has 5 amide bonds. The third-order valence-electron chi connectivity index (χ3n) is 11.6. The van der Waals surface area contributed by atoms with Crippen LogP contribution in [-0.4, -0.2) is 115 Å². The van der Waals surface area contributed by atoms with E-state index in [0.29, 0.717) is 61.2 Å². The van der Waals surface area contributed by atoms with Crippen molar-refractivity contribution in [2.45, 2.75) is 69.6 Å². The van der Waals surface area contributed by atoms with E-state index in [9.17, 15) is 29.1 Å². The van der Waals surface area contributed by atoms with E-state index in [0.717, 1.165) is 41.8 Å². The second-order valence-electron chi connectivity index (χ2n) is 16.8. The quantitative estimate of drug-likeness (QED) is 0.0244. The molecule has 18 nitrogen and oxygen atoms in total. The average molecular weight is 930 g/mol. The van der Waals surface area contributed by atoms with Crippen molar-refractivity contribution < 1.29 is 33.8 Å². The zero-order chi connectivity index (χ0) is 48.3. The SMILES string of the molecule is NCCCC(=O)N[C@@H](Cc1c[nH]c2ccc(O)cc12)C(=O)N[C@@H](Cc1ccc(-c2ccccc2)cc1)C(=O)N[C@@H](CCCCN=C(N)N)C(=O)NCC(=O)Nc1ccc(CN2CCOCC2)cc1. The van der Waals surface area contributed by atoms with Crippen LogP contribution in [0.25, 0.3) is 22.0 Å². The first-order valence-electron chi connectivity index (χ1n) is 23.0. The van der Waals surface area contributed by atoms with Gasteiger partial charge in [-0.25, -0.2) is 0 Å². The van der Waals surface area contributed by atoms with Gasteiger partial charge in [-0.3, -0.25) is 33.9 Å². The third kappa shape index (κ3) is 15.7. The number of aromatic nitrogens is 1. The lowest BCUT2D eigenvalue weighted by Crippen LogP contribution is -2.58. The van der Waals surface area contributed by atoms with Crippen molar-refractivity contribution in [1.29, 1.82) is 0 Å². The molecule has 6 rings (SSSR count). The number of ether oxygens (including phenoxy) is 1. The van der Waals surface area contributed by atoms with Gasteiger partial charge in [0.25, 0.3) is 0 Å². The number of aliphatic imine (C=N–C) groups is 1. The van der Waals surface area contributed by atoms with Crippen molar-refractivity contribution in [3.63, 3.8) is 0 Å². The molecule has 1 fully saturated rings. The van der Waals surface area contributed by atoms with Gasteiger partial charge in [0.1, 0.15) is 23.9 Å². The Bertz CT molecular complexity index is 2470. The number of aromatic amines is 1. The predicted octanol–water partition coefficient (Wildman–Crippen LogP) is 2.55. The first kappa shape index (κ1) is 50.1. The standard InChI is InChI=1S/C50H63N11O7/c51-21-6-10-45(63)58-44(28-37-30-55-41-20-19-39(62)29-40(37)41)49(67)60-43(27-33-11-15-36(16-12-33)35-7-2-1-3-8-35)48(66)59-42(9-4-5-22-54-50(52)53)47(65)56-31-46(64)57-38-17-13-34(14-18-38)32-61-23-25-68-26-24-61/h1-3,7-8,11-20,29-30,42-44,55,62H,4-6,9-10,21-28,31-32,51H2,(H,56,65)(H,57,64)(H,58,63)(H,59,66)(H,60,67)(H4,52,53,54)/t42-,43-,44-/m0/s1. The number of fused-ring (bicyclic) bond motifs is 1. The largest absolute Gasteiger partial charge is 0.508 e. The molecule has 1 aliphatic rings. The first-order valence-corrected chi connectivity index (χ1v) is 23.0. The van der Waals surface area contributed by atoms with Crippen molar-refractivity contribution in [2.75, 3.05) is 51.3 Å². The third-order valence-corrected chi connectivity index (χ3v) is 11.6. The van der Waals surface area contributed by atoms with Gasteiger partial charge in [-0.2, -0.15) is 0 Å². The molecule has 0 saturated carbocycles. The number of rotatable bonds is 24. The molecule has 2 heterocycles. The summed E-state index contributed by atoms with van der Waals surface area (Å²) < 4.78 is 5.44. The van der Waals surface area contributed by atoms with Crippen LogP contribution in [0.15, 0.2) is 108 Å². The van der Waals surface area contributed by atoms with Gasteiger partial charge in [0, 0.05) is 68.2 Å². The number of phenolic OH excluding ortho intramolecular Hbond substituents is 1. The Labute approximate surface area is 395 Å². The van der Waals surface area contributed by atoms with Crippen molar-refractivity contribution in [3.05, 3.63) is 120 Å². The monoisotopic (exact) mass is 929 g/mol. The minimum atomic E-state index is -1.23. The van der Waals surface area contributed by atoms with Crippen molar-refractivity contribution >= 4 is 52.1 Å². The first-order chi connectivity index (χ1) is 32.9. The fourth-order valence-electron chi connectivity index (χ4n) is 7.89. The maximum atomic E-state index is 14.5. The number of aromatic hydroxyl groups is 1. The Balaban J connectivity index is 1.19. The van der Waals surface area contributed by atoms with E-state index in [1.165, 1.54) is 6.07 Å². The van der Waals surface area contributed by atoms with Crippen LogP contribution in [0.2, 0.25) is 0 Å². The molecular formula is C50H63N11O7. The highest BCUT2D eigenvalue weighted by Crippen LogP contribution is 2.25. The topological polar surface area (TPSA) is 284 Å². The van der Waals surface area contributed by atoms with Gasteiger partial charge in [0.05, 0.1) is 19.8 Å². The molecule has 0 aliphatic carbocycles. The van der Waals surface area contributed by atoms with Crippen molar-refractivity contribution in [2.24, 2.45) is 22.2 Å². The molecule has 0 unspecified atom stereocenters. The molecule has 1 aromatic heterocycles. The summed E-state index contributed by atoms with van der Waals surface area (Å²) >= 11 is 0. The number of morpholine rings is 1. The summed E-state index contributed by atoms with van der Waals surface area (Å²) in [4.78, 5) is 78.6. The highest BCUT2D eigenvalue weighted by Gasteiger charge is 2.31. The number of H-pyrrole nitrogens is 1. The minimum Gasteiger partial charge on any atom is -0.508 e. The summed E-state index contributed by atoms with van der Waals surface area (Å²) in [6, 6.07) is 26.2. The maximum Gasteiger partial charge on any atom is 0.243 e. The van der Waals surface area contributed by atoms with E-state index in [1.54, 1.807) is 30.5 Å². The number of hydrogen-bond acceptors (Lipinski definition) is 10. The number of benzene rings is 4. The van der Waals surface area contributed by atoms with Crippen molar-refractivity contribution in [3.8, 4) is 16.9 Å². The van der Waals surface area contributed by atoms with Crippen molar-refractivity contribution in [1.82, 2.24) is 31.2 Å². The zero-order valence-corrected chi connectivity index (χ0v) is 38.2. The zero-order valence-electron chi connectivity index (χ0n) is 38.2. The fourth-order valence-corrected chi connectivity index (χ4v) is 7.89. The van der Waals surface area contributed by atoms with Gasteiger partial charge >= 0.3 is 0 Å². The van der Waals surface area contributed by atoms with E-state index in [4.69, 9.17) is 21.9 Å². The van der Waals surface area contributed by atoms with Gasteiger partial charge in [-0.15, -0.1) is 0 Å². The van der Waals surface area contributed by atoms with Crippen LogP contribution in [0.3, 0.4) is 0 Å². The van der Waals surface area contributed by atoms with E-state index in [2.05, 4.69) is 41.5 Å². The molecular weight excluding hydrogens is 867 g/mol. The molecule has 5 aromatic rings. The normalized spacial score (nSPS) is 14.0. The van der Waals surface area contributed by atoms with Gasteiger partial charge in [-0.1, -0.05) is 66.7 Å². The number of unbranched alkanes of at least 4 members (excludes halogenated alkanes) is 1. The number of phenols is 1. The fraction of sp³-hybridized carbons (Fsp3) is 0.360. The second-order valence-corrected chi connectivity index (χ2v) is 16.8. The van der Waals surface area contributed by atoms with Crippen LogP contribution in [0, 0.1) is 0 Å². The number of carbonyl (C=O) groups is 5. The van der Waals surface area contributed by atoms with E-state index in [1.807, 2.05) is 66.7 Å². The summed E-state index contributed by atoms with van der Waals surface area (Å²) in [6.45, 7) is 4.05. The molecule has 4 aromatic carbocycles. The number of guanidine groups is 1. The lowest BCUT2D eigenvalue weighted by molar-refractivity contribution is -0.134. The van der Waals surface area contributed by atoms with Gasteiger partial charge in [-0.05, 0) is 90.4 Å². The Morgan fingerprint density at radius 2 is 1.41 bits per heavy atom. The van der Waals surface area contributed by atoms with Crippen LogP contribution in [0.4, 0.5) is 5.69 Å². The summed E-state index contributed by atoms with van der Waals surface area (Å²) in [6.07, 6.45) is 3.28. The van der Waals surface area contributed by atoms with Gasteiger partial charge in [0.2, 0.25) is 29.5 Å². The van der Waals surface area contributed by atoms with Gasteiger partial charge < -0.3 is 58.6 Å². The van der Waals surface area contributed by atoms with E-state index < -0.39 is 47.7 Å². The lowest BCUT2D eigenvalue weighted by Gasteiger charge is -2.26. The van der Waals surface area contributed by atoms with E-state index in [-0.39, 0.29) is 50.5 Å². The molecule has 0 radical (unpaired) electrons. The highest BCUT2D eigenvalue weighted by molar-refractivity contribution is 5.97. The summed E-state index contributed by atoms with van der Waals surface area (Å²) in [5.41, 5.74) is 22.4. The molecule has 1 aliphatic heterocycles. The van der Waals surface area contributed by atoms with Crippen LogP contribution in [0.5, 0.6) is 5.75 Å². The summed E-state index contributed by atoms with van der Waals surface area (Å²) in [7, 11) is 0. The Kier molecular flexibility index (Phi) is 18.9. The number of amides is 5. The smallest absolute Gasteiger partial charge is 0.243 e. The summed E-state index contributed by atoms with van der Waals surface area (Å²) in [5, 5.41) is 25.0. The number of anilines is 1. The van der Waals surface area contributed by atoms with E-state index >= 15 is 0 Å².